The summed E-state index contributed by atoms with van der Waals surface area (Å²) in [4.78, 5) is 0. The summed E-state index contributed by atoms with van der Waals surface area (Å²) in [6, 6.07) is 11.8. The van der Waals surface area contributed by atoms with Crippen molar-refractivity contribution < 1.29 is 18.3 Å². The minimum atomic E-state index is -0.852. The van der Waals surface area contributed by atoms with Gasteiger partial charge in [0.15, 0.2) is 11.6 Å². The Balaban J connectivity index is 1.35. The summed E-state index contributed by atoms with van der Waals surface area (Å²) in [5.41, 5.74) is 1.92. The Labute approximate surface area is 152 Å². The highest BCUT2D eigenvalue weighted by atomic mass is 19.2. The molecule has 5 heteroatoms. The van der Waals surface area contributed by atoms with Crippen molar-refractivity contribution in [1.82, 2.24) is 5.32 Å². The minimum absolute atomic E-state index is 0.0533. The zero-order chi connectivity index (χ0) is 18.0. The number of ether oxygens (including phenoxy) is 2. The van der Waals surface area contributed by atoms with E-state index in [0.29, 0.717) is 17.2 Å². The predicted octanol–water partition coefficient (Wildman–Crippen LogP) is 4.17. The van der Waals surface area contributed by atoms with Crippen molar-refractivity contribution >= 4 is 0 Å². The van der Waals surface area contributed by atoms with Crippen LogP contribution in [0.25, 0.3) is 0 Å². The molecule has 2 saturated heterocycles. The average Bonchev–Trinajstić information content (AvgIpc) is 3.07. The number of halogens is 2. The maximum absolute atomic E-state index is 13.2. The molecular formula is C21H23F2NO2. The first-order valence-corrected chi connectivity index (χ1v) is 9.15. The van der Waals surface area contributed by atoms with Gasteiger partial charge in [0.1, 0.15) is 12.4 Å². The Kier molecular flexibility index (Phi) is 4.92. The first kappa shape index (κ1) is 17.4. The quantitative estimate of drug-likeness (QED) is 0.889. The van der Waals surface area contributed by atoms with Gasteiger partial charge in [0.05, 0.1) is 12.2 Å². The van der Waals surface area contributed by atoms with E-state index in [2.05, 4.69) is 17.4 Å². The second-order valence-corrected chi connectivity index (χ2v) is 7.25. The average molecular weight is 359 g/mol. The maximum atomic E-state index is 13.2. The predicted molar refractivity (Wildman–Crippen MR) is 95.3 cm³/mol. The molecule has 2 aromatic rings. The zero-order valence-corrected chi connectivity index (χ0v) is 14.6. The first-order chi connectivity index (χ1) is 12.6. The Bertz CT molecular complexity index is 757. The monoisotopic (exact) mass is 359 g/mol. The second-order valence-electron chi connectivity index (χ2n) is 7.25. The molecule has 138 valence electrons. The van der Waals surface area contributed by atoms with Gasteiger partial charge in [-0.05, 0) is 67.7 Å². The molecule has 2 aliphatic rings. The third-order valence-electron chi connectivity index (χ3n) is 5.46. The number of hydrogen-bond donors (Lipinski definition) is 1. The molecule has 0 aromatic heterocycles. The molecule has 26 heavy (non-hydrogen) atoms. The Morgan fingerprint density at radius 2 is 1.81 bits per heavy atom. The molecule has 4 rings (SSSR count). The van der Waals surface area contributed by atoms with Gasteiger partial charge in [0, 0.05) is 5.92 Å². The third-order valence-corrected chi connectivity index (χ3v) is 5.46. The van der Waals surface area contributed by atoms with Gasteiger partial charge in [0.2, 0.25) is 0 Å². The first-order valence-electron chi connectivity index (χ1n) is 9.15. The molecule has 1 spiro atoms. The summed E-state index contributed by atoms with van der Waals surface area (Å²) in [5, 5.41) is 3.39. The van der Waals surface area contributed by atoms with Crippen LogP contribution in [0.2, 0.25) is 0 Å². The fraction of sp³-hybridized carbons (Fsp3) is 0.429. The molecule has 0 aliphatic carbocycles. The van der Waals surface area contributed by atoms with Crippen LogP contribution >= 0.6 is 0 Å². The lowest BCUT2D eigenvalue weighted by molar-refractivity contribution is -0.0193. The van der Waals surface area contributed by atoms with Crippen molar-refractivity contribution in [2.75, 3.05) is 19.7 Å². The van der Waals surface area contributed by atoms with Gasteiger partial charge in [-0.2, -0.15) is 0 Å². The van der Waals surface area contributed by atoms with Crippen LogP contribution in [0.15, 0.2) is 42.5 Å². The lowest BCUT2D eigenvalue weighted by Gasteiger charge is -2.33. The molecular weight excluding hydrogens is 336 g/mol. The van der Waals surface area contributed by atoms with Gasteiger partial charge in [-0.25, -0.2) is 8.78 Å². The Hall–Kier alpha value is -1.98. The minimum Gasteiger partial charge on any atom is -0.489 e. The van der Waals surface area contributed by atoms with E-state index in [9.17, 15) is 8.78 Å². The van der Waals surface area contributed by atoms with Crippen molar-refractivity contribution in [3.05, 3.63) is 65.2 Å². The highest BCUT2D eigenvalue weighted by molar-refractivity contribution is 5.31. The normalized spacial score (nSPS) is 21.8. The standard InChI is InChI=1S/C21H23F2NO2/c22-19-6-1-15(11-20(19)23)13-25-18-4-2-16(3-5-18)17-12-21(26-14-17)7-9-24-10-8-21/h1-6,11,17,24H,7-10,12-14H2/t17-/m1/s1. The van der Waals surface area contributed by atoms with E-state index in [0.717, 1.165) is 51.1 Å². The zero-order valence-electron chi connectivity index (χ0n) is 14.6. The fourth-order valence-electron chi connectivity index (χ4n) is 3.92. The lowest BCUT2D eigenvalue weighted by atomic mass is 9.84. The van der Waals surface area contributed by atoms with E-state index in [1.807, 2.05) is 12.1 Å². The van der Waals surface area contributed by atoms with Crippen molar-refractivity contribution in [3.8, 4) is 5.75 Å². The molecule has 1 atom stereocenters. The van der Waals surface area contributed by atoms with Crippen molar-refractivity contribution in [2.45, 2.75) is 37.4 Å². The summed E-state index contributed by atoms with van der Waals surface area (Å²) < 4.78 is 38.0. The molecule has 2 fully saturated rings. The number of rotatable bonds is 4. The summed E-state index contributed by atoms with van der Waals surface area (Å²) in [6.45, 7) is 3.04. The summed E-state index contributed by atoms with van der Waals surface area (Å²) in [7, 11) is 0. The summed E-state index contributed by atoms with van der Waals surface area (Å²) >= 11 is 0. The molecule has 0 saturated carbocycles. The number of piperidine rings is 1. The van der Waals surface area contributed by atoms with E-state index in [4.69, 9.17) is 9.47 Å². The van der Waals surface area contributed by atoms with Crippen LogP contribution in [-0.4, -0.2) is 25.3 Å². The van der Waals surface area contributed by atoms with Gasteiger partial charge in [0.25, 0.3) is 0 Å². The van der Waals surface area contributed by atoms with Crippen LogP contribution in [-0.2, 0) is 11.3 Å². The van der Waals surface area contributed by atoms with Crippen LogP contribution < -0.4 is 10.1 Å². The van der Waals surface area contributed by atoms with Gasteiger partial charge >= 0.3 is 0 Å². The largest absolute Gasteiger partial charge is 0.489 e. The van der Waals surface area contributed by atoms with E-state index in [1.165, 1.54) is 11.6 Å². The van der Waals surface area contributed by atoms with E-state index < -0.39 is 11.6 Å². The van der Waals surface area contributed by atoms with Crippen molar-refractivity contribution in [3.63, 3.8) is 0 Å². The lowest BCUT2D eigenvalue weighted by Crippen LogP contribution is -2.41. The van der Waals surface area contributed by atoms with E-state index >= 15 is 0 Å². The van der Waals surface area contributed by atoms with Crippen molar-refractivity contribution in [2.24, 2.45) is 0 Å². The Morgan fingerprint density at radius 1 is 1.04 bits per heavy atom. The van der Waals surface area contributed by atoms with Gasteiger partial charge in [-0.3, -0.25) is 0 Å². The maximum Gasteiger partial charge on any atom is 0.159 e. The molecule has 0 unspecified atom stereocenters. The van der Waals surface area contributed by atoms with Gasteiger partial charge in [-0.15, -0.1) is 0 Å². The Morgan fingerprint density at radius 3 is 2.54 bits per heavy atom. The van der Waals surface area contributed by atoms with Gasteiger partial charge < -0.3 is 14.8 Å². The van der Waals surface area contributed by atoms with E-state index in [1.54, 1.807) is 0 Å². The highest BCUT2D eigenvalue weighted by Crippen LogP contribution is 2.41. The number of benzene rings is 2. The third kappa shape index (κ3) is 3.74. The summed E-state index contributed by atoms with van der Waals surface area (Å²) in [5.74, 6) is -0.555. The molecule has 0 radical (unpaired) electrons. The number of hydrogen-bond acceptors (Lipinski definition) is 3. The smallest absolute Gasteiger partial charge is 0.159 e. The van der Waals surface area contributed by atoms with Crippen LogP contribution in [0.4, 0.5) is 8.78 Å². The SMILES string of the molecule is Fc1ccc(COc2ccc([C@H]3COC4(CCNCC4)C3)cc2)cc1F. The van der Waals surface area contributed by atoms with Crippen LogP contribution in [0, 0.1) is 11.6 Å². The molecule has 1 N–H and O–H groups in total. The molecule has 2 heterocycles. The fourth-order valence-corrected chi connectivity index (χ4v) is 3.92. The van der Waals surface area contributed by atoms with Crippen molar-refractivity contribution in [1.29, 1.82) is 0 Å². The van der Waals surface area contributed by atoms with Crippen LogP contribution in [0.5, 0.6) is 5.75 Å². The highest BCUT2D eigenvalue weighted by Gasteiger charge is 2.41. The molecule has 0 amide bonds. The van der Waals surface area contributed by atoms with Crippen LogP contribution in [0.1, 0.15) is 36.3 Å². The second kappa shape index (κ2) is 7.33. The molecule has 2 aliphatic heterocycles. The van der Waals surface area contributed by atoms with Crippen LogP contribution in [0.3, 0.4) is 0 Å². The topological polar surface area (TPSA) is 30.5 Å². The van der Waals surface area contributed by atoms with Gasteiger partial charge in [-0.1, -0.05) is 18.2 Å². The molecule has 2 aromatic carbocycles. The summed E-state index contributed by atoms with van der Waals surface area (Å²) in [6.07, 6.45) is 3.24. The number of nitrogens with one attached hydrogen (secondary N) is 1. The van der Waals surface area contributed by atoms with E-state index in [-0.39, 0.29) is 12.2 Å². The molecule has 3 nitrogen and oxygen atoms in total. The molecule has 0 bridgehead atoms.